The molecule has 0 saturated carbocycles. The number of aromatic nitrogens is 1. The van der Waals surface area contributed by atoms with Crippen molar-refractivity contribution in [2.45, 2.75) is 19.8 Å². The van der Waals surface area contributed by atoms with Crippen molar-refractivity contribution in [3.63, 3.8) is 0 Å². The standard InChI is InChI=1S/C15H18N2O2/c1-2-19-15(18)14-10-11-9-12(5-6-13(11)16-14)17-7-3-4-8-17/h5-6,9-10,16H,2-4,7-8H2,1H3. The molecule has 1 saturated heterocycles. The number of aromatic amines is 1. The van der Waals surface area contributed by atoms with Crippen LogP contribution in [0.15, 0.2) is 24.3 Å². The van der Waals surface area contributed by atoms with Gasteiger partial charge in [0.25, 0.3) is 0 Å². The molecule has 3 rings (SSSR count). The molecular weight excluding hydrogens is 240 g/mol. The number of carbonyl (C=O) groups is 1. The molecule has 100 valence electrons. The fourth-order valence-corrected chi connectivity index (χ4v) is 2.61. The normalized spacial score (nSPS) is 15.1. The van der Waals surface area contributed by atoms with Gasteiger partial charge in [0.15, 0.2) is 0 Å². The molecule has 0 unspecified atom stereocenters. The third-order valence-electron chi connectivity index (χ3n) is 3.57. The molecule has 1 aromatic carbocycles. The van der Waals surface area contributed by atoms with E-state index in [-0.39, 0.29) is 5.97 Å². The summed E-state index contributed by atoms with van der Waals surface area (Å²) in [7, 11) is 0. The molecule has 0 amide bonds. The average molecular weight is 258 g/mol. The monoisotopic (exact) mass is 258 g/mol. The molecule has 19 heavy (non-hydrogen) atoms. The van der Waals surface area contributed by atoms with Crippen molar-refractivity contribution in [2.24, 2.45) is 0 Å². The van der Waals surface area contributed by atoms with Crippen LogP contribution in [-0.2, 0) is 4.74 Å². The third-order valence-corrected chi connectivity index (χ3v) is 3.57. The lowest BCUT2D eigenvalue weighted by molar-refractivity contribution is 0.0520. The summed E-state index contributed by atoms with van der Waals surface area (Å²) in [6.07, 6.45) is 2.53. The Bertz CT molecular complexity index is 597. The molecule has 0 atom stereocenters. The number of anilines is 1. The van der Waals surface area contributed by atoms with Crippen molar-refractivity contribution in [1.29, 1.82) is 0 Å². The second-order valence-electron chi connectivity index (χ2n) is 4.87. The molecule has 1 aromatic heterocycles. The van der Waals surface area contributed by atoms with Gasteiger partial charge in [-0.2, -0.15) is 0 Å². The Morgan fingerprint density at radius 1 is 1.32 bits per heavy atom. The zero-order chi connectivity index (χ0) is 13.2. The maximum atomic E-state index is 11.7. The van der Waals surface area contributed by atoms with Crippen LogP contribution in [0, 0.1) is 0 Å². The zero-order valence-corrected chi connectivity index (χ0v) is 11.1. The number of hydrogen-bond donors (Lipinski definition) is 1. The van der Waals surface area contributed by atoms with E-state index in [9.17, 15) is 4.79 Å². The quantitative estimate of drug-likeness (QED) is 0.861. The van der Waals surface area contributed by atoms with Gasteiger partial charge >= 0.3 is 5.97 Å². The molecule has 4 heteroatoms. The van der Waals surface area contributed by atoms with Crippen molar-refractivity contribution in [3.05, 3.63) is 30.0 Å². The molecule has 1 aliphatic heterocycles. The number of H-pyrrole nitrogens is 1. The highest BCUT2D eigenvalue weighted by Crippen LogP contribution is 2.25. The Kier molecular flexibility index (Phi) is 3.15. The summed E-state index contributed by atoms with van der Waals surface area (Å²) in [6.45, 7) is 4.46. The van der Waals surface area contributed by atoms with Gasteiger partial charge in [-0.1, -0.05) is 0 Å². The molecule has 1 N–H and O–H groups in total. The first-order chi connectivity index (χ1) is 9.28. The van der Waals surface area contributed by atoms with E-state index in [1.165, 1.54) is 18.5 Å². The Balaban J connectivity index is 1.92. The van der Waals surface area contributed by atoms with Crippen LogP contribution in [0.1, 0.15) is 30.3 Å². The van der Waals surface area contributed by atoms with Crippen LogP contribution in [0.2, 0.25) is 0 Å². The molecule has 2 aromatic rings. The van der Waals surface area contributed by atoms with E-state index in [4.69, 9.17) is 4.74 Å². The summed E-state index contributed by atoms with van der Waals surface area (Å²) >= 11 is 0. The summed E-state index contributed by atoms with van der Waals surface area (Å²) in [5.41, 5.74) is 2.74. The maximum Gasteiger partial charge on any atom is 0.354 e. The van der Waals surface area contributed by atoms with Crippen molar-refractivity contribution < 1.29 is 9.53 Å². The van der Waals surface area contributed by atoms with Gasteiger partial charge in [-0.05, 0) is 44.0 Å². The van der Waals surface area contributed by atoms with Crippen LogP contribution in [-0.4, -0.2) is 30.6 Å². The Labute approximate surface area is 112 Å². The average Bonchev–Trinajstić information content (AvgIpc) is 3.07. The number of nitrogens with zero attached hydrogens (tertiary/aromatic N) is 1. The number of esters is 1. The number of benzene rings is 1. The highest BCUT2D eigenvalue weighted by atomic mass is 16.5. The van der Waals surface area contributed by atoms with E-state index >= 15 is 0 Å². The molecule has 0 radical (unpaired) electrons. The maximum absolute atomic E-state index is 11.7. The smallest absolute Gasteiger partial charge is 0.354 e. The molecule has 0 spiro atoms. The molecule has 1 aliphatic rings. The lowest BCUT2D eigenvalue weighted by Gasteiger charge is -2.17. The van der Waals surface area contributed by atoms with Crippen LogP contribution in [0.3, 0.4) is 0 Å². The zero-order valence-electron chi connectivity index (χ0n) is 11.1. The predicted molar refractivity (Wildman–Crippen MR) is 75.7 cm³/mol. The van der Waals surface area contributed by atoms with Crippen LogP contribution < -0.4 is 4.90 Å². The van der Waals surface area contributed by atoms with Gasteiger partial charge in [0, 0.05) is 29.7 Å². The van der Waals surface area contributed by atoms with Crippen LogP contribution in [0.25, 0.3) is 10.9 Å². The lowest BCUT2D eigenvalue weighted by atomic mass is 10.2. The van der Waals surface area contributed by atoms with E-state index in [0.717, 1.165) is 24.0 Å². The molecule has 4 nitrogen and oxygen atoms in total. The summed E-state index contributed by atoms with van der Waals surface area (Å²) in [5.74, 6) is -0.290. The molecule has 1 fully saturated rings. The van der Waals surface area contributed by atoms with E-state index in [1.807, 2.05) is 19.1 Å². The Morgan fingerprint density at radius 2 is 2.11 bits per heavy atom. The summed E-state index contributed by atoms with van der Waals surface area (Å²) in [5, 5.41) is 1.06. The van der Waals surface area contributed by atoms with Gasteiger partial charge in [0.1, 0.15) is 5.69 Å². The third kappa shape index (κ3) is 2.30. The minimum atomic E-state index is -0.290. The van der Waals surface area contributed by atoms with Gasteiger partial charge in [-0.15, -0.1) is 0 Å². The number of ether oxygens (including phenoxy) is 1. The number of hydrogen-bond acceptors (Lipinski definition) is 3. The predicted octanol–water partition coefficient (Wildman–Crippen LogP) is 2.94. The van der Waals surface area contributed by atoms with Crippen molar-refractivity contribution in [3.8, 4) is 0 Å². The molecule has 2 heterocycles. The van der Waals surface area contributed by atoms with Crippen LogP contribution in [0.5, 0.6) is 0 Å². The minimum absolute atomic E-state index is 0.290. The second-order valence-corrected chi connectivity index (χ2v) is 4.87. The van der Waals surface area contributed by atoms with Gasteiger partial charge in [0.2, 0.25) is 0 Å². The van der Waals surface area contributed by atoms with E-state index in [1.54, 1.807) is 0 Å². The van der Waals surface area contributed by atoms with Gasteiger partial charge in [-0.3, -0.25) is 0 Å². The van der Waals surface area contributed by atoms with Gasteiger partial charge < -0.3 is 14.6 Å². The molecule has 0 bridgehead atoms. The topological polar surface area (TPSA) is 45.3 Å². The van der Waals surface area contributed by atoms with Crippen molar-refractivity contribution >= 4 is 22.6 Å². The first-order valence-electron chi connectivity index (χ1n) is 6.83. The van der Waals surface area contributed by atoms with E-state index < -0.39 is 0 Å². The first-order valence-corrected chi connectivity index (χ1v) is 6.83. The van der Waals surface area contributed by atoms with E-state index in [2.05, 4.69) is 22.0 Å². The first kappa shape index (κ1) is 12.1. The molecular formula is C15H18N2O2. The highest BCUT2D eigenvalue weighted by molar-refractivity contribution is 5.95. The van der Waals surface area contributed by atoms with Crippen LogP contribution >= 0.6 is 0 Å². The summed E-state index contributed by atoms with van der Waals surface area (Å²) < 4.78 is 5.01. The van der Waals surface area contributed by atoms with Gasteiger partial charge in [-0.25, -0.2) is 4.79 Å². The SMILES string of the molecule is CCOC(=O)c1cc2cc(N3CCCC3)ccc2[nH]1. The van der Waals surface area contributed by atoms with Crippen molar-refractivity contribution in [2.75, 3.05) is 24.6 Å². The lowest BCUT2D eigenvalue weighted by Crippen LogP contribution is -2.17. The Morgan fingerprint density at radius 3 is 2.84 bits per heavy atom. The number of nitrogens with one attached hydrogen (secondary N) is 1. The van der Waals surface area contributed by atoms with Gasteiger partial charge in [0.05, 0.1) is 6.61 Å². The summed E-state index contributed by atoms with van der Waals surface area (Å²) in [6, 6.07) is 8.15. The number of fused-ring (bicyclic) bond motifs is 1. The summed E-state index contributed by atoms with van der Waals surface area (Å²) in [4.78, 5) is 17.2. The second kappa shape index (κ2) is 4.96. The van der Waals surface area contributed by atoms with Crippen molar-refractivity contribution in [1.82, 2.24) is 4.98 Å². The largest absolute Gasteiger partial charge is 0.461 e. The number of rotatable bonds is 3. The van der Waals surface area contributed by atoms with E-state index in [0.29, 0.717) is 12.3 Å². The molecule has 0 aliphatic carbocycles. The number of carbonyl (C=O) groups excluding carboxylic acids is 1. The fourth-order valence-electron chi connectivity index (χ4n) is 2.61. The fraction of sp³-hybridized carbons (Fsp3) is 0.400. The highest BCUT2D eigenvalue weighted by Gasteiger charge is 2.14. The minimum Gasteiger partial charge on any atom is -0.461 e. The Hall–Kier alpha value is -1.97. The van der Waals surface area contributed by atoms with Crippen LogP contribution in [0.4, 0.5) is 5.69 Å².